The molecule has 61 heavy (non-hydrogen) atoms. The molecule has 0 bridgehead atoms. The van der Waals surface area contributed by atoms with Crippen LogP contribution in [-0.4, -0.2) is 189 Å². The van der Waals surface area contributed by atoms with Gasteiger partial charge in [0.25, 0.3) is 11.8 Å². The largest absolute Gasteiger partial charge is 0.508 e. The standard InChI is InChI=1S/C41H64N8O12/c1-7-45(5)27-37(55)59-41(60-38(56)28-46(6)8-2)61-39(57)29-48(10-4)23-22-47(9-3)26-34(52)43-25-33(51)44-32(24-30-14-16-31(50)17-15-30)40(58)42-20-12-11-13-21-49-35(53)18-19-36(49)54/h14-19,32,41,50H,7-13,20-29H2,1-6H3,(H,42,58)(H,43,52)(H,44,51)/t32-/m0/s1. The molecule has 0 saturated carbocycles. The molecule has 0 unspecified atom stereocenters. The third-order valence-electron chi connectivity index (χ3n) is 9.64. The fraction of sp³-hybridized carbons (Fsp3) is 0.610. The van der Waals surface area contributed by atoms with Crippen molar-refractivity contribution < 1.29 is 57.7 Å². The molecule has 0 saturated heterocycles. The Hall–Kier alpha value is -5.44. The van der Waals surface area contributed by atoms with Crippen LogP contribution in [-0.2, 0) is 59.0 Å². The Kier molecular flexibility index (Phi) is 23.9. The highest BCUT2D eigenvalue weighted by Gasteiger charge is 2.27. The number of unbranched alkanes of at least 4 members (excludes halogenated alkanes) is 2. The number of ether oxygens (including phenoxy) is 3. The van der Waals surface area contributed by atoms with Crippen molar-refractivity contribution >= 4 is 47.4 Å². The molecule has 0 aliphatic carbocycles. The van der Waals surface area contributed by atoms with Gasteiger partial charge in [0.05, 0.1) is 32.7 Å². The Bertz CT molecular complexity index is 1600. The molecule has 1 atom stereocenters. The van der Waals surface area contributed by atoms with Gasteiger partial charge in [0.1, 0.15) is 11.8 Å². The summed E-state index contributed by atoms with van der Waals surface area (Å²) in [5, 5.41) is 17.8. The number of esters is 3. The van der Waals surface area contributed by atoms with E-state index in [0.717, 1.165) is 4.90 Å². The number of nitrogens with one attached hydrogen (secondary N) is 3. The van der Waals surface area contributed by atoms with Gasteiger partial charge in [0, 0.05) is 44.8 Å². The third-order valence-corrected chi connectivity index (χ3v) is 9.64. The van der Waals surface area contributed by atoms with Crippen molar-refractivity contribution in [1.82, 2.24) is 40.4 Å². The Labute approximate surface area is 357 Å². The number of imide groups is 1. The summed E-state index contributed by atoms with van der Waals surface area (Å²) in [4.78, 5) is 108. The van der Waals surface area contributed by atoms with Crippen molar-refractivity contribution in [2.45, 2.75) is 65.9 Å². The molecule has 4 N–H and O–H groups in total. The van der Waals surface area contributed by atoms with Gasteiger partial charge in [-0.05, 0) is 77.2 Å². The highest BCUT2D eigenvalue weighted by molar-refractivity contribution is 6.12. The van der Waals surface area contributed by atoms with Crippen molar-refractivity contribution in [2.24, 2.45) is 0 Å². The predicted octanol–water partition coefficient (Wildman–Crippen LogP) is -0.792. The molecule has 0 radical (unpaired) electrons. The Morgan fingerprint density at radius 1 is 0.672 bits per heavy atom. The van der Waals surface area contributed by atoms with E-state index in [1.165, 1.54) is 24.3 Å². The van der Waals surface area contributed by atoms with Crippen molar-refractivity contribution in [3.05, 3.63) is 42.0 Å². The molecule has 5 amide bonds. The lowest BCUT2D eigenvalue weighted by Crippen LogP contribution is -2.51. The minimum atomic E-state index is -1.87. The number of phenolic OH excluding ortho intramolecular Hbond substituents is 1. The van der Waals surface area contributed by atoms with Crippen LogP contribution in [0.15, 0.2) is 36.4 Å². The molecule has 1 aliphatic heterocycles. The Balaban J connectivity index is 1.87. The van der Waals surface area contributed by atoms with Gasteiger partial charge in [-0.3, -0.25) is 62.9 Å². The average molecular weight is 861 g/mol. The monoisotopic (exact) mass is 860 g/mol. The molecule has 2 rings (SSSR count). The summed E-state index contributed by atoms with van der Waals surface area (Å²) in [6.45, 7) is 7.86. The summed E-state index contributed by atoms with van der Waals surface area (Å²) in [5.41, 5.74) is 0.682. The molecular formula is C41H64N8O12. The van der Waals surface area contributed by atoms with Crippen LogP contribution >= 0.6 is 0 Å². The van der Waals surface area contributed by atoms with Gasteiger partial charge in [-0.2, -0.15) is 0 Å². The quantitative estimate of drug-likeness (QED) is 0.0321. The lowest BCUT2D eigenvalue weighted by molar-refractivity contribution is -0.258. The van der Waals surface area contributed by atoms with E-state index in [1.54, 1.807) is 45.8 Å². The van der Waals surface area contributed by atoms with Gasteiger partial charge < -0.3 is 35.3 Å². The number of aromatic hydroxyl groups is 1. The minimum Gasteiger partial charge on any atom is -0.508 e. The molecule has 1 aromatic carbocycles. The van der Waals surface area contributed by atoms with E-state index in [4.69, 9.17) is 14.2 Å². The molecule has 0 fully saturated rings. The number of benzene rings is 1. The highest BCUT2D eigenvalue weighted by Crippen LogP contribution is 2.12. The van der Waals surface area contributed by atoms with Crippen LogP contribution in [0, 0.1) is 0 Å². The number of hydrogen-bond acceptors (Lipinski definition) is 16. The van der Waals surface area contributed by atoms with Gasteiger partial charge in [-0.1, -0.05) is 39.8 Å². The molecule has 1 aromatic rings. The first-order valence-corrected chi connectivity index (χ1v) is 20.6. The first kappa shape index (κ1) is 51.7. The molecule has 1 heterocycles. The van der Waals surface area contributed by atoms with Gasteiger partial charge in [0.2, 0.25) is 17.7 Å². The lowest BCUT2D eigenvalue weighted by Gasteiger charge is -2.26. The van der Waals surface area contributed by atoms with E-state index >= 15 is 0 Å². The molecule has 20 nitrogen and oxygen atoms in total. The molecule has 0 aromatic heterocycles. The van der Waals surface area contributed by atoms with E-state index in [9.17, 15) is 43.5 Å². The number of likely N-dealkylation sites (N-methyl/N-ethyl adjacent to an activating group) is 4. The molecular weight excluding hydrogens is 796 g/mol. The van der Waals surface area contributed by atoms with E-state index in [-0.39, 0.29) is 56.7 Å². The average Bonchev–Trinajstić information content (AvgIpc) is 3.54. The number of carbonyl (C=O) groups excluding carboxylic acids is 8. The summed E-state index contributed by atoms with van der Waals surface area (Å²) < 4.78 is 15.6. The first-order chi connectivity index (χ1) is 29.1. The maximum absolute atomic E-state index is 13.2. The fourth-order valence-electron chi connectivity index (χ4n) is 5.65. The first-order valence-electron chi connectivity index (χ1n) is 20.6. The zero-order valence-corrected chi connectivity index (χ0v) is 36.3. The SMILES string of the molecule is CCN(C)CC(=O)OC(OC(=O)CN(C)CC)OC(=O)CN(CC)CCN(CC)CC(=O)NCC(=O)N[C@@H](Cc1ccc(O)cc1)C(=O)NCCCCCN1C(=O)C=CC1=O. The Morgan fingerprint density at radius 3 is 1.72 bits per heavy atom. The van der Waals surface area contributed by atoms with Crippen LogP contribution in [0.5, 0.6) is 5.75 Å². The zero-order valence-electron chi connectivity index (χ0n) is 36.3. The van der Waals surface area contributed by atoms with Crippen LogP contribution in [0.2, 0.25) is 0 Å². The maximum atomic E-state index is 13.2. The summed E-state index contributed by atoms with van der Waals surface area (Å²) in [6, 6.07) is 5.22. The number of phenols is 1. The number of carbonyl (C=O) groups is 8. The molecule has 0 spiro atoms. The molecule has 1 aliphatic rings. The summed E-state index contributed by atoms with van der Waals surface area (Å²) in [6.07, 6.45) is 4.36. The number of nitrogens with zero attached hydrogens (tertiary/aromatic N) is 5. The van der Waals surface area contributed by atoms with Crippen molar-refractivity contribution in [3.63, 3.8) is 0 Å². The topological polar surface area (TPSA) is 237 Å². The van der Waals surface area contributed by atoms with E-state index < -0.39 is 54.7 Å². The van der Waals surface area contributed by atoms with Gasteiger partial charge in [0.15, 0.2) is 0 Å². The number of rotatable bonds is 30. The van der Waals surface area contributed by atoms with Crippen molar-refractivity contribution in [1.29, 1.82) is 0 Å². The predicted molar refractivity (Wildman–Crippen MR) is 222 cm³/mol. The zero-order chi connectivity index (χ0) is 45.3. The highest BCUT2D eigenvalue weighted by atomic mass is 16.9. The van der Waals surface area contributed by atoms with Crippen LogP contribution in [0.1, 0.15) is 52.5 Å². The van der Waals surface area contributed by atoms with E-state index in [2.05, 4.69) is 16.0 Å². The summed E-state index contributed by atoms with van der Waals surface area (Å²) in [5.74, 6) is -4.41. The smallest absolute Gasteiger partial charge is 0.412 e. The van der Waals surface area contributed by atoms with Gasteiger partial charge >= 0.3 is 24.4 Å². The van der Waals surface area contributed by atoms with Gasteiger partial charge in [-0.25, -0.2) is 0 Å². The molecule has 20 heteroatoms. The van der Waals surface area contributed by atoms with E-state index in [0.29, 0.717) is 70.6 Å². The third kappa shape index (κ3) is 21.1. The lowest BCUT2D eigenvalue weighted by atomic mass is 10.0. The minimum absolute atomic E-state index is 0.0467. The maximum Gasteiger partial charge on any atom is 0.412 e. The second-order valence-corrected chi connectivity index (χ2v) is 14.4. The number of hydrogen-bond donors (Lipinski definition) is 4. The van der Waals surface area contributed by atoms with Crippen LogP contribution in [0.25, 0.3) is 0 Å². The normalized spacial score (nSPS) is 13.0. The Morgan fingerprint density at radius 2 is 1.20 bits per heavy atom. The second kappa shape index (κ2) is 28.2. The fourth-order valence-corrected chi connectivity index (χ4v) is 5.65. The number of amides is 5. The molecule has 340 valence electrons. The summed E-state index contributed by atoms with van der Waals surface area (Å²) in [7, 11) is 3.40. The van der Waals surface area contributed by atoms with Crippen LogP contribution < -0.4 is 16.0 Å². The second-order valence-electron chi connectivity index (χ2n) is 14.4. The van der Waals surface area contributed by atoms with Gasteiger partial charge in [-0.15, -0.1) is 0 Å². The van der Waals surface area contributed by atoms with Crippen molar-refractivity contribution in [2.75, 3.05) is 99.2 Å². The summed E-state index contributed by atoms with van der Waals surface area (Å²) >= 11 is 0. The van der Waals surface area contributed by atoms with Crippen LogP contribution in [0.4, 0.5) is 0 Å². The van der Waals surface area contributed by atoms with E-state index in [1.807, 2.05) is 27.7 Å². The van der Waals surface area contributed by atoms with Crippen LogP contribution in [0.3, 0.4) is 0 Å². The van der Waals surface area contributed by atoms with Crippen molar-refractivity contribution in [3.8, 4) is 5.75 Å².